The van der Waals surface area contributed by atoms with Crippen LogP contribution in [0.5, 0.6) is 0 Å². The molecule has 0 spiro atoms. The van der Waals surface area contributed by atoms with Crippen molar-refractivity contribution in [3.05, 3.63) is 35.9 Å². The van der Waals surface area contributed by atoms with Crippen molar-refractivity contribution in [2.75, 3.05) is 31.1 Å². The lowest BCUT2D eigenvalue weighted by molar-refractivity contribution is -0.129. The van der Waals surface area contributed by atoms with Gasteiger partial charge in [0.1, 0.15) is 5.25 Å². The van der Waals surface area contributed by atoms with Gasteiger partial charge in [-0.05, 0) is 50.0 Å². The molecule has 3 fully saturated rings. The van der Waals surface area contributed by atoms with E-state index in [1.54, 1.807) is 11.8 Å². The van der Waals surface area contributed by atoms with Gasteiger partial charge in [-0.25, -0.2) is 0 Å². The molecule has 2 saturated heterocycles. The van der Waals surface area contributed by atoms with Crippen LogP contribution in [-0.2, 0) is 4.79 Å². The van der Waals surface area contributed by atoms with Gasteiger partial charge >= 0.3 is 0 Å². The Morgan fingerprint density at radius 3 is 2.37 bits per heavy atom. The number of nitrogens with zero attached hydrogens (tertiary/aromatic N) is 5. The summed E-state index contributed by atoms with van der Waals surface area (Å²) in [6, 6.07) is 10.7. The Morgan fingerprint density at radius 2 is 1.70 bits per heavy atom. The summed E-state index contributed by atoms with van der Waals surface area (Å²) in [6.07, 6.45) is 6.99. The molecule has 5 rings (SSSR count). The summed E-state index contributed by atoms with van der Waals surface area (Å²) in [5.41, 5.74) is 1.05. The van der Waals surface area contributed by atoms with Crippen molar-refractivity contribution in [1.82, 2.24) is 19.7 Å². The van der Waals surface area contributed by atoms with Crippen molar-refractivity contribution in [1.29, 1.82) is 0 Å². The van der Waals surface area contributed by atoms with E-state index in [9.17, 15) is 4.79 Å². The van der Waals surface area contributed by atoms with Gasteiger partial charge in [-0.15, -0.1) is 10.2 Å². The molecule has 3 aliphatic rings. The Kier molecular flexibility index (Phi) is 5.72. The first-order chi connectivity index (χ1) is 14.7. The number of benzene rings is 1. The van der Waals surface area contributed by atoms with Crippen LogP contribution >= 0.6 is 11.8 Å². The van der Waals surface area contributed by atoms with Crippen LogP contribution in [0.1, 0.15) is 62.3 Å². The Balaban J connectivity index is 1.44. The third-order valence-electron chi connectivity index (χ3n) is 6.59. The smallest absolute Gasteiger partial charge is 0.240 e. The summed E-state index contributed by atoms with van der Waals surface area (Å²) in [6.45, 7) is 6.17. The van der Waals surface area contributed by atoms with Crippen LogP contribution in [0, 0.1) is 5.92 Å². The molecule has 1 atom stereocenters. The van der Waals surface area contributed by atoms with Crippen LogP contribution < -0.4 is 4.90 Å². The molecule has 0 N–H and O–H groups in total. The van der Waals surface area contributed by atoms with Crippen molar-refractivity contribution in [3.8, 4) is 0 Å². The molecule has 1 saturated carbocycles. The van der Waals surface area contributed by atoms with Crippen molar-refractivity contribution >= 4 is 23.6 Å². The molecule has 1 amide bonds. The number of piperidine rings is 1. The second-order valence-corrected chi connectivity index (χ2v) is 10.1. The first-order valence-corrected chi connectivity index (χ1v) is 12.3. The van der Waals surface area contributed by atoms with E-state index < -0.39 is 0 Å². The van der Waals surface area contributed by atoms with Crippen LogP contribution in [0.3, 0.4) is 0 Å². The van der Waals surface area contributed by atoms with E-state index in [2.05, 4.69) is 38.7 Å². The molecule has 1 aromatic carbocycles. The van der Waals surface area contributed by atoms with Gasteiger partial charge in [0, 0.05) is 32.2 Å². The molecule has 30 heavy (non-hydrogen) atoms. The zero-order chi connectivity index (χ0) is 20.5. The Bertz CT molecular complexity index is 867. The van der Waals surface area contributed by atoms with E-state index in [1.807, 2.05) is 23.1 Å². The normalized spacial score (nSPS) is 21.2. The van der Waals surface area contributed by atoms with Crippen molar-refractivity contribution in [2.24, 2.45) is 5.92 Å². The topological polar surface area (TPSA) is 54.3 Å². The van der Waals surface area contributed by atoms with Gasteiger partial charge in [-0.1, -0.05) is 49.0 Å². The van der Waals surface area contributed by atoms with Crippen molar-refractivity contribution < 1.29 is 4.79 Å². The summed E-state index contributed by atoms with van der Waals surface area (Å²) in [7, 11) is 0. The minimum atomic E-state index is -0.264. The molecule has 3 heterocycles. The Morgan fingerprint density at radius 1 is 1.00 bits per heavy atom. The first-order valence-electron chi connectivity index (χ1n) is 11.4. The molecule has 1 unspecified atom stereocenters. The molecule has 2 aliphatic heterocycles. The Hall–Kier alpha value is -2.02. The quantitative estimate of drug-likeness (QED) is 0.646. The number of hydrogen-bond donors (Lipinski definition) is 0. The van der Waals surface area contributed by atoms with E-state index >= 15 is 0 Å². The molecule has 7 heteroatoms. The molecule has 2 aromatic rings. The highest BCUT2D eigenvalue weighted by molar-refractivity contribution is 8.00. The van der Waals surface area contributed by atoms with Gasteiger partial charge in [0.05, 0.1) is 0 Å². The monoisotopic (exact) mass is 425 g/mol. The van der Waals surface area contributed by atoms with Crippen LogP contribution in [0.15, 0.2) is 35.5 Å². The fourth-order valence-electron chi connectivity index (χ4n) is 4.52. The van der Waals surface area contributed by atoms with Gasteiger partial charge < -0.3 is 9.80 Å². The largest absolute Gasteiger partial charge is 0.341 e. The lowest BCUT2D eigenvalue weighted by Gasteiger charge is -2.31. The molecule has 0 radical (unpaired) electrons. The van der Waals surface area contributed by atoms with Crippen LogP contribution in [0.25, 0.3) is 0 Å². The second-order valence-electron chi connectivity index (χ2n) is 8.99. The van der Waals surface area contributed by atoms with Crippen LogP contribution in [0.2, 0.25) is 0 Å². The number of likely N-dealkylation sites (tertiary alicyclic amines) is 1. The summed E-state index contributed by atoms with van der Waals surface area (Å²) in [5, 5.41) is 9.86. The average Bonchev–Trinajstić information content (AvgIpc) is 3.29. The molecular weight excluding hydrogens is 394 g/mol. The average molecular weight is 426 g/mol. The van der Waals surface area contributed by atoms with E-state index in [0.717, 1.165) is 61.6 Å². The van der Waals surface area contributed by atoms with Crippen molar-refractivity contribution in [3.63, 3.8) is 0 Å². The number of carbonyl (C=O) groups is 1. The molecule has 6 nitrogen and oxygen atoms in total. The Labute approximate surface area is 183 Å². The van der Waals surface area contributed by atoms with E-state index in [1.165, 1.54) is 25.7 Å². The van der Waals surface area contributed by atoms with E-state index in [4.69, 9.17) is 0 Å². The van der Waals surface area contributed by atoms with Crippen LogP contribution in [0.4, 0.5) is 5.95 Å². The predicted octanol–water partition coefficient (Wildman–Crippen LogP) is 4.31. The van der Waals surface area contributed by atoms with Gasteiger partial charge in [0.2, 0.25) is 11.9 Å². The predicted molar refractivity (Wildman–Crippen MR) is 120 cm³/mol. The molecule has 1 aromatic heterocycles. The fourth-order valence-corrected chi connectivity index (χ4v) is 5.71. The zero-order valence-electron chi connectivity index (χ0n) is 17.7. The summed E-state index contributed by atoms with van der Waals surface area (Å²) < 4.78 is 2.33. The van der Waals surface area contributed by atoms with Crippen molar-refractivity contribution in [2.45, 2.75) is 61.9 Å². The van der Waals surface area contributed by atoms with Gasteiger partial charge in [0.15, 0.2) is 5.16 Å². The SMILES string of the molecule is CC1CCN(c2nnc(SC(C(=O)N3CCCC3)c3ccccc3)n2C2CC2)CC1. The maximum Gasteiger partial charge on any atom is 0.240 e. The maximum atomic E-state index is 13.4. The van der Waals surface area contributed by atoms with E-state index in [0.29, 0.717) is 6.04 Å². The maximum absolute atomic E-state index is 13.4. The molecule has 0 bridgehead atoms. The lowest BCUT2D eigenvalue weighted by Crippen LogP contribution is -2.35. The van der Waals surface area contributed by atoms with E-state index in [-0.39, 0.29) is 11.2 Å². The highest BCUT2D eigenvalue weighted by Crippen LogP contribution is 2.45. The number of thioether (sulfide) groups is 1. The van der Waals surface area contributed by atoms with Gasteiger partial charge in [0.25, 0.3) is 0 Å². The highest BCUT2D eigenvalue weighted by atomic mass is 32.2. The number of rotatable bonds is 6. The first kappa shape index (κ1) is 19.9. The molecule has 1 aliphatic carbocycles. The lowest BCUT2D eigenvalue weighted by atomic mass is 10.00. The third-order valence-corrected chi connectivity index (χ3v) is 7.79. The summed E-state index contributed by atoms with van der Waals surface area (Å²) >= 11 is 1.59. The fraction of sp³-hybridized carbons (Fsp3) is 0.609. The van der Waals surface area contributed by atoms with Gasteiger partial charge in [-0.2, -0.15) is 0 Å². The number of hydrogen-bond acceptors (Lipinski definition) is 5. The minimum absolute atomic E-state index is 0.211. The summed E-state index contributed by atoms with van der Waals surface area (Å²) in [5.74, 6) is 2.00. The molecular formula is C23H31N5OS. The number of anilines is 1. The number of aromatic nitrogens is 3. The number of carbonyl (C=O) groups excluding carboxylic acids is 1. The zero-order valence-corrected chi connectivity index (χ0v) is 18.6. The van der Waals surface area contributed by atoms with Crippen LogP contribution in [-0.4, -0.2) is 51.8 Å². The highest BCUT2D eigenvalue weighted by Gasteiger charge is 2.36. The standard InChI is InChI=1S/C23H31N5OS/c1-17-11-15-27(16-12-17)22-24-25-23(28(22)19-9-10-19)30-20(18-7-3-2-4-8-18)21(29)26-13-5-6-14-26/h2-4,7-8,17,19-20H,5-6,9-16H2,1H3. The van der Waals surface area contributed by atoms with Gasteiger partial charge in [-0.3, -0.25) is 9.36 Å². The summed E-state index contributed by atoms with van der Waals surface area (Å²) in [4.78, 5) is 17.9. The minimum Gasteiger partial charge on any atom is -0.341 e. The molecule has 160 valence electrons. The number of amides is 1. The third kappa shape index (κ3) is 4.09. The second kappa shape index (κ2) is 8.61.